The van der Waals surface area contributed by atoms with Gasteiger partial charge in [-0.25, -0.2) is 13.8 Å². The molecule has 116 valence electrons. The third-order valence-corrected chi connectivity index (χ3v) is 4.34. The molecule has 0 aliphatic carbocycles. The molecule has 7 heteroatoms. The highest BCUT2D eigenvalue weighted by atomic mass is 32.2. The van der Waals surface area contributed by atoms with Crippen LogP contribution in [-0.4, -0.2) is 27.7 Å². The van der Waals surface area contributed by atoms with Gasteiger partial charge in [0, 0.05) is 31.6 Å². The first kappa shape index (κ1) is 15.2. The van der Waals surface area contributed by atoms with Crippen LogP contribution in [0.3, 0.4) is 0 Å². The minimum absolute atomic E-state index is 0.0380. The third-order valence-electron chi connectivity index (χ3n) is 3.76. The smallest absolute Gasteiger partial charge is 0.256 e. The number of thioether (sulfide) groups is 1. The summed E-state index contributed by atoms with van der Waals surface area (Å²) in [5.74, 6) is -1.12. The minimum atomic E-state index is -0.560. The monoisotopic (exact) mass is 323 g/mol. The number of nitrogens with one attached hydrogen (secondary N) is 1. The number of fused-ring (bicyclic) bond motifs is 1. The van der Waals surface area contributed by atoms with Crippen LogP contribution in [0.1, 0.15) is 16.8 Å². The van der Waals surface area contributed by atoms with Crippen molar-refractivity contribution < 1.29 is 8.78 Å². The Labute approximate surface area is 130 Å². The van der Waals surface area contributed by atoms with E-state index in [1.54, 1.807) is 0 Å². The molecule has 1 aromatic carbocycles. The van der Waals surface area contributed by atoms with Gasteiger partial charge in [-0.15, -0.1) is 0 Å². The van der Waals surface area contributed by atoms with Crippen molar-refractivity contribution in [3.8, 4) is 0 Å². The second-order valence-corrected chi connectivity index (χ2v) is 5.96. The quantitative estimate of drug-likeness (QED) is 0.696. The zero-order chi connectivity index (χ0) is 15.7. The van der Waals surface area contributed by atoms with Gasteiger partial charge in [0.25, 0.3) is 5.56 Å². The van der Waals surface area contributed by atoms with E-state index in [0.29, 0.717) is 30.2 Å². The SMILES string of the molecule is CSc1nc2c(c(=O)[nH]1)CN(Cc1c(F)cccc1F)CC2. The lowest BCUT2D eigenvalue weighted by atomic mass is 10.1. The molecule has 2 aromatic rings. The number of hydrogen-bond donors (Lipinski definition) is 1. The van der Waals surface area contributed by atoms with E-state index in [1.165, 1.54) is 30.0 Å². The van der Waals surface area contributed by atoms with Crippen molar-refractivity contribution in [3.05, 3.63) is 57.0 Å². The Hall–Kier alpha value is -1.73. The zero-order valence-electron chi connectivity index (χ0n) is 12.0. The van der Waals surface area contributed by atoms with Crippen LogP contribution in [0.25, 0.3) is 0 Å². The van der Waals surface area contributed by atoms with Gasteiger partial charge in [0.15, 0.2) is 5.16 Å². The number of H-pyrrole nitrogens is 1. The molecule has 22 heavy (non-hydrogen) atoms. The highest BCUT2D eigenvalue weighted by Crippen LogP contribution is 2.20. The van der Waals surface area contributed by atoms with E-state index in [2.05, 4.69) is 9.97 Å². The summed E-state index contributed by atoms with van der Waals surface area (Å²) in [6.45, 7) is 1.10. The molecule has 0 saturated heterocycles. The molecule has 0 atom stereocenters. The van der Waals surface area contributed by atoms with Crippen molar-refractivity contribution in [1.82, 2.24) is 14.9 Å². The molecule has 1 aromatic heterocycles. The number of aromatic nitrogens is 2. The van der Waals surface area contributed by atoms with Crippen LogP contribution in [0.4, 0.5) is 8.78 Å². The fraction of sp³-hybridized carbons (Fsp3) is 0.333. The van der Waals surface area contributed by atoms with E-state index < -0.39 is 11.6 Å². The fourth-order valence-electron chi connectivity index (χ4n) is 2.60. The molecule has 1 N–H and O–H groups in total. The van der Waals surface area contributed by atoms with Crippen molar-refractivity contribution in [2.75, 3.05) is 12.8 Å². The van der Waals surface area contributed by atoms with E-state index in [1.807, 2.05) is 11.2 Å². The maximum atomic E-state index is 13.7. The molecule has 1 aliphatic rings. The van der Waals surface area contributed by atoms with E-state index in [4.69, 9.17) is 0 Å². The predicted molar refractivity (Wildman–Crippen MR) is 80.8 cm³/mol. The van der Waals surface area contributed by atoms with Crippen molar-refractivity contribution in [2.45, 2.75) is 24.7 Å². The van der Waals surface area contributed by atoms with E-state index in [0.717, 1.165) is 5.69 Å². The fourth-order valence-corrected chi connectivity index (χ4v) is 2.99. The number of aromatic amines is 1. The van der Waals surface area contributed by atoms with Gasteiger partial charge < -0.3 is 4.98 Å². The molecular weight excluding hydrogens is 308 g/mol. The number of nitrogens with zero attached hydrogens (tertiary/aromatic N) is 2. The standard InChI is InChI=1S/C15H15F2N3OS/c1-22-15-18-13-5-6-20(8-10(13)14(21)19-15)7-9-11(16)3-2-4-12(9)17/h2-4H,5-8H2,1H3,(H,18,19,21). The van der Waals surface area contributed by atoms with Crippen LogP contribution in [-0.2, 0) is 19.5 Å². The number of rotatable bonds is 3. The Morgan fingerprint density at radius 1 is 1.36 bits per heavy atom. The summed E-state index contributed by atoms with van der Waals surface area (Å²) in [5, 5.41) is 0.595. The zero-order valence-corrected chi connectivity index (χ0v) is 12.8. The first-order valence-electron chi connectivity index (χ1n) is 6.90. The van der Waals surface area contributed by atoms with Crippen LogP contribution < -0.4 is 5.56 Å². The van der Waals surface area contributed by atoms with Crippen LogP contribution in [0, 0.1) is 11.6 Å². The third kappa shape index (κ3) is 2.91. The maximum Gasteiger partial charge on any atom is 0.256 e. The first-order chi connectivity index (χ1) is 10.6. The second-order valence-electron chi connectivity index (χ2n) is 5.16. The Bertz CT molecular complexity index is 743. The summed E-state index contributed by atoms with van der Waals surface area (Å²) >= 11 is 1.38. The average Bonchev–Trinajstić information content (AvgIpc) is 2.51. The molecular formula is C15H15F2N3OS. The molecule has 0 saturated carbocycles. The van der Waals surface area contributed by atoms with Gasteiger partial charge in [0.1, 0.15) is 11.6 Å². The normalized spacial score (nSPS) is 14.9. The highest BCUT2D eigenvalue weighted by Gasteiger charge is 2.22. The average molecular weight is 323 g/mol. The molecule has 0 radical (unpaired) electrons. The van der Waals surface area contributed by atoms with Gasteiger partial charge >= 0.3 is 0 Å². The van der Waals surface area contributed by atoms with E-state index in [-0.39, 0.29) is 17.7 Å². The van der Waals surface area contributed by atoms with Gasteiger partial charge in [-0.3, -0.25) is 9.69 Å². The molecule has 3 rings (SSSR count). The number of halogens is 2. The van der Waals surface area contributed by atoms with Gasteiger partial charge in [0.2, 0.25) is 0 Å². The Balaban J connectivity index is 1.84. The molecule has 2 heterocycles. The predicted octanol–water partition coefficient (Wildman–Crippen LogP) is 2.33. The van der Waals surface area contributed by atoms with E-state index >= 15 is 0 Å². The first-order valence-corrected chi connectivity index (χ1v) is 8.12. The largest absolute Gasteiger partial charge is 0.301 e. The molecule has 0 amide bonds. The lowest BCUT2D eigenvalue weighted by Crippen LogP contribution is -2.35. The van der Waals surface area contributed by atoms with Crippen molar-refractivity contribution in [1.29, 1.82) is 0 Å². The summed E-state index contributed by atoms with van der Waals surface area (Å²) in [4.78, 5) is 21.1. The molecule has 0 unspecified atom stereocenters. The topological polar surface area (TPSA) is 49.0 Å². The summed E-state index contributed by atoms with van der Waals surface area (Å²) in [6, 6.07) is 3.84. The number of benzene rings is 1. The lowest BCUT2D eigenvalue weighted by Gasteiger charge is -2.27. The highest BCUT2D eigenvalue weighted by molar-refractivity contribution is 7.98. The number of hydrogen-bond acceptors (Lipinski definition) is 4. The minimum Gasteiger partial charge on any atom is -0.301 e. The Kier molecular flexibility index (Phi) is 4.26. The second kappa shape index (κ2) is 6.18. The van der Waals surface area contributed by atoms with Crippen LogP contribution in [0.5, 0.6) is 0 Å². The van der Waals surface area contributed by atoms with Crippen LogP contribution in [0.2, 0.25) is 0 Å². The maximum absolute atomic E-state index is 13.7. The molecule has 0 bridgehead atoms. The summed E-state index contributed by atoms with van der Waals surface area (Å²) in [5.41, 5.74) is 1.23. The van der Waals surface area contributed by atoms with Crippen LogP contribution in [0.15, 0.2) is 28.2 Å². The molecule has 0 spiro atoms. The summed E-state index contributed by atoms with van der Waals surface area (Å²) < 4.78 is 27.5. The summed E-state index contributed by atoms with van der Waals surface area (Å²) in [6.07, 6.45) is 2.45. The van der Waals surface area contributed by atoms with Crippen molar-refractivity contribution in [3.63, 3.8) is 0 Å². The van der Waals surface area contributed by atoms with E-state index in [9.17, 15) is 13.6 Å². The van der Waals surface area contributed by atoms with Gasteiger partial charge in [0.05, 0.1) is 11.3 Å². The van der Waals surface area contributed by atoms with Gasteiger partial charge in [-0.05, 0) is 18.4 Å². The molecule has 0 fully saturated rings. The van der Waals surface area contributed by atoms with Gasteiger partial charge in [-0.2, -0.15) is 0 Å². The van der Waals surface area contributed by atoms with Crippen molar-refractivity contribution >= 4 is 11.8 Å². The van der Waals surface area contributed by atoms with Crippen LogP contribution >= 0.6 is 11.8 Å². The lowest BCUT2D eigenvalue weighted by molar-refractivity contribution is 0.234. The van der Waals surface area contributed by atoms with Crippen molar-refractivity contribution in [2.24, 2.45) is 0 Å². The molecule has 1 aliphatic heterocycles. The molecule has 4 nitrogen and oxygen atoms in total. The van der Waals surface area contributed by atoms with Gasteiger partial charge in [-0.1, -0.05) is 17.8 Å². The Morgan fingerprint density at radius 2 is 2.09 bits per heavy atom. The summed E-state index contributed by atoms with van der Waals surface area (Å²) in [7, 11) is 0. The Morgan fingerprint density at radius 3 is 2.77 bits per heavy atom.